The smallest absolute Gasteiger partial charge is 0.337 e. The number of imide groups is 1. The van der Waals surface area contributed by atoms with E-state index in [1.807, 2.05) is 19.1 Å². The highest BCUT2D eigenvalue weighted by atomic mass is 35.5. The SMILES string of the molecule is CCNC(=S)N(Cc1ccc(Cl)cc1)C1CC(=O)N(c2ccc(C(=O)OC)cc2)C1=O. The van der Waals surface area contributed by atoms with E-state index in [-0.39, 0.29) is 18.2 Å². The van der Waals surface area contributed by atoms with Gasteiger partial charge in [0, 0.05) is 18.1 Å². The molecular formula is C22H22ClN3O4S. The van der Waals surface area contributed by atoms with Crippen LogP contribution in [0, 0.1) is 0 Å². The van der Waals surface area contributed by atoms with Gasteiger partial charge in [-0.2, -0.15) is 0 Å². The molecule has 1 saturated heterocycles. The second-order valence-corrected chi connectivity index (χ2v) is 7.74. The van der Waals surface area contributed by atoms with Crippen LogP contribution in [0.3, 0.4) is 0 Å². The third-order valence-corrected chi connectivity index (χ3v) is 5.53. The predicted octanol–water partition coefficient (Wildman–Crippen LogP) is 3.16. The first-order chi connectivity index (χ1) is 14.8. The highest BCUT2D eigenvalue weighted by molar-refractivity contribution is 7.80. The minimum absolute atomic E-state index is 0.00326. The number of amides is 2. The molecule has 162 valence electrons. The van der Waals surface area contributed by atoms with Crippen molar-refractivity contribution in [2.45, 2.75) is 25.9 Å². The summed E-state index contributed by atoms with van der Waals surface area (Å²) >= 11 is 11.5. The van der Waals surface area contributed by atoms with Crippen molar-refractivity contribution >= 4 is 52.4 Å². The Kier molecular flexibility index (Phi) is 7.25. The average molecular weight is 460 g/mol. The lowest BCUT2D eigenvalue weighted by Gasteiger charge is -2.30. The molecule has 0 bridgehead atoms. The lowest BCUT2D eigenvalue weighted by molar-refractivity contribution is -0.122. The summed E-state index contributed by atoms with van der Waals surface area (Å²) in [7, 11) is 1.29. The summed E-state index contributed by atoms with van der Waals surface area (Å²) in [6.45, 7) is 2.84. The van der Waals surface area contributed by atoms with Crippen molar-refractivity contribution in [3.05, 3.63) is 64.7 Å². The van der Waals surface area contributed by atoms with Crippen molar-refractivity contribution in [3.63, 3.8) is 0 Å². The van der Waals surface area contributed by atoms with Crippen molar-refractivity contribution in [2.24, 2.45) is 0 Å². The van der Waals surface area contributed by atoms with E-state index in [0.717, 1.165) is 10.5 Å². The van der Waals surface area contributed by atoms with Crippen LogP contribution in [-0.4, -0.2) is 47.5 Å². The van der Waals surface area contributed by atoms with Gasteiger partial charge in [-0.15, -0.1) is 0 Å². The molecule has 1 N–H and O–H groups in total. The minimum atomic E-state index is -0.741. The molecule has 1 aliphatic rings. The lowest BCUT2D eigenvalue weighted by Crippen LogP contribution is -2.49. The standard InChI is InChI=1S/C22H22ClN3O4S/c1-3-24-22(31)25(13-14-4-8-16(23)9-5-14)18-12-19(27)26(20(18)28)17-10-6-15(7-11-17)21(29)30-2/h4-11,18H,3,12-13H2,1-2H3,(H,24,31). The van der Waals surface area contributed by atoms with Gasteiger partial charge in [0.25, 0.3) is 5.91 Å². The Balaban J connectivity index is 1.86. The normalized spacial score (nSPS) is 15.7. The zero-order chi connectivity index (χ0) is 22.5. The Labute approximate surface area is 190 Å². The molecule has 2 aromatic rings. The van der Waals surface area contributed by atoms with Gasteiger partial charge in [0.1, 0.15) is 6.04 Å². The van der Waals surface area contributed by atoms with Gasteiger partial charge in [-0.25, -0.2) is 9.69 Å². The number of hydrogen-bond donors (Lipinski definition) is 1. The molecule has 0 spiro atoms. The maximum absolute atomic E-state index is 13.2. The zero-order valence-corrected chi connectivity index (χ0v) is 18.7. The van der Waals surface area contributed by atoms with Crippen LogP contribution in [0.4, 0.5) is 5.69 Å². The van der Waals surface area contributed by atoms with Gasteiger partial charge in [-0.3, -0.25) is 9.59 Å². The third kappa shape index (κ3) is 5.03. The number of esters is 1. The number of ether oxygens (including phenoxy) is 1. The second kappa shape index (κ2) is 9.89. The predicted molar refractivity (Wildman–Crippen MR) is 122 cm³/mol. The fraction of sp³-hybridized carbons (Fsp3) is 0.273. The summed E-state index contributed by atoms with van der Waals surface area (Å²) in [6.07, 6.45) is -0.00326. The van der Waals surface area contributed by atoms with Gasteiger partial charge in [-0.1, -0.05) is 23.7 Å². The van der Waals surface area contributed by atoms with Crippen LogP contribution in [0.25, 0.3) is 0 Å². The quantitative estimate of drug-likeness (QED) is 0.404. The molecule has 1 atom stereocenters. The van der Waals surface area contributed by atoms with Crippen LogP contribution >= 0.6 is 23.8 Å². The van der Waals surface area contributed by atoms with E-state index in [4.69, 9.17) is 23.8 Å². The summed E-state index contributed by atoms with van der Waals surface area (Å²) in [5.74, 6) is -1.19. The van der Waals surface area contributed by atoms with E-state index in [9.17, 15) is 14.4 Å². The van der Waals surface area contributed by atoms with Crippen LogP contribution < -0.4 is 10.2 Å². The number of nitrogens with one attached hydrogen (secondary N) is 1. The average Bonchev–Trinajstić information content (AvgIpc) is 3.06. The highest BCUT2D eigenvalue weighted by Gasteiger charge is 2.43. The van der Waals surface area contributed by atoms with E-state index < -0.39 is 12.0 Å². The number of halogens is 1. The summed E-state index contributed by atoms with van der Waals surface area (Å²) in [6, 6.07) is 12.6. The molecule has 7 nitrogen and oxygen atoms in total. The Morgan fingerprint density at radius 2 is 1.84 bits per heavy atom. The Morgan fingerprint density at radius 1 is 1.19 bits per heavy atom. The van der Waals surface area contributed by atoms with Gasteiger partial charge >= 0.3 is 5.97 Å². The molecule has 1 aliphatic heterocycles. The number of rotatable bonds is 6. The topological polar surface area (TPSA) is 79.0 Å². The number of anilines is 1. The summed E-state index contributed by atoms with van der Waals surface area (Å²) in [4.78, 5) is 40.5. The first-order valence-corrected chi connectivity index (χ1v) is 10.5. The number of methoxy groups -OCH3 is 1. The van der Waals surface area contributed by atoms with Crippen molar-refractivity contribution in [1.29, 1.82) is 0 Å². The summed E-state index contributed by atoms with van der Waals surface area (Å²) in [5, 5.41) is 4.07. The third-order valence-electron chi connectivity index (χ3n) is 4.90. The van der Waals surface area contributed by atoms with E-state index in [1.165, 1.54) is 19.2 Å². The molecule has 9 heteroatoms. The number of hydrogen-bond acceptors (Lipinski definition) is 5. The number of thiocarbonyl (C=S) groups is 1. The molecule has 0 saturated carbocycles. The largest absolute Gasteiger partial charge is 0.465 e. The Hall–Kier alpha value is -2.97. The molecule has 0 aliphatic carbocycles. The van der Waals surface area contributed by atoms with Crippen LogP contribution in [-0.2, 0) is 20.9 Å². The molecule has 1 fully saturated rings. The van der Waals surface area contributed by atoms with Crippen molar-refractivity contribution in [1.82, 2.24) is 10.2 Å². The van der Waals surface area contributed by atoms with E-state index in [0.29, 0.717) is 34.5 Å². The fourth-order valence-corrected chi connectivity index (χ4v) is 3.82. The van der Waals surface area contributed by atoms with Crippen molar-refractivity contribution < 1.29 is 19.1 Å². The number of carbonyl (C=O) groups is 3. The zero-order valence-electron chi connectivity index (χ0n) is 17.1. The highest BCUT2D eigenvalue weighted by Crippen LogP contribution is 2.27. The maximum atomic E-state index is 13.2. The number of nitrogens with zero attached hydrogens (tertiary/aromatic N) is 2. The molecule has 2 amide bonds. The van der Waals surface area contributed by atoms with Crippen LogP contribution in [0.2, 0.25) is 5.02 Å². The molecule has 0 radical (unpaired) electrons. The number of benzene rings is 2. The lowest BCUT2D eigenvalue weighted by atomic mass is 10.1. The van der Waals surface area contributed by atoms with Crippen LogP contribution in [0.15, 0.2) is 48.5 Å². The monoisotopic (exact) mass is 459 g/mol. The van der Waals surface area contributed by atoms with Gasteiger partial charge < -0.3 is 15.0 Å². The molecule has 1 heterocycles. The molecular weight excluding hydrogens is 438 g/mol. The van der Waals surface area contributed by atoms with Gasteiger partial charge in [0.15, 0.2) is 5.11 Å². The summed E-state index contributed by atoms with van der Waals surface area (Å²) in [5.41, 5.74) is 1.64. The van der Waals surface area contributed by atoms with E-state index in [2.05, 4.69) is 10.1 Å². The van der Waals surface area contributed by atoms with E-state index >= 15 is 0 Å². The maximum Gasteiger partial charge on any atom is 0.337 e. The van der Waals surface area contributed by atoms with E-state index in [1.54, 1.807) is 29.2 Å². The molecule has 0 aromatic heterocycles. The fourth-order valence-electron chi connectivity index (χ4n) is 3.36. The number of carbonyl (C=O) groups excluding carboxylic acids is 3. The molecule has 1 unspecified atom stereocenters. The van der Waals surface area contributed by atoms with Crippen molar-refractivity contribution in [3.8, 4) is 0 Å². The van der Waals surface area contributed by atoms with Gasteiger partial charge in [0.2, 0.25) is 5.91 Å². The molecule has 2 aromatic carbocycles. The Morgan fingerprint density at radius 3 is 2.42 bits per heavy atom. The van der Waals surface area contributed by atoms with Crippen LogP contribution in [0.5, 0.6) is 0 Å². The molecule has 3 rings (SSSR count). The second-order valence-electron chi connectivity index (χ2n) is 6.92. The first kappa shape index (κ1) is 22.7. The summed E-state index contributed by atoms with van der Waals surface area (Å²) < 4.78 is 4.68. The minimum Gasteiger partial charge on any atom is -0.465 e. The van der Waals surface area contributed by atoms with Crippen molar-refractivity contribution in [2.75, 3.05) is 18.6 Å². The first-order valence-electron chi connectivity index (χ1n) is 9.69. The van der Waals surface area contributed by atoms with Gasteiger partial charge in [-0.05, 0) is 61.1 Å². The molecule has 31 heavy (non-hydrogen) atoms. The van der Waals surface area contributed by atoms with Crippen LogP contribution in [0.1, 0.15) is 29.3 Å². The Bertz CT molecular complexity index is 995. The van der Waals surface area contributed by atoms with Gasteiger partial charge in [0.05, 0.1) is 24.8 Å².